The molecule has 0 aromatic heterocycles. The van der Waals surface area contributed by atoms with Gasteiger partial charge >= 0.3 is 0 Å². The van der Waals surface area contributed by atoms with Crippen molar-refractivity contribution in [1.29, 1.82) is 0 Å². The van der Waals surface area contributed by atoms with Gasteiger partial charge in [0.05, 0.1) is 16.9 Å². The molecule has 2 aliphatic heterocycles. The molecule has 4 rings (SSSR count). The lowest BCUT2D eigenvalue weighted by molar-refractivity contribution is -0.121. The summed E-state index contributed by atoms with van der Waals surface area (Å²) >= 11 is 6.07. The Hall–Kier alpha value is -3.12. The van der Waals surface area contributed by atoms with E-state index in [0.717, 1.165) is 10.5 Å². The summed E-state index contributed by atoms with van der Waals surface area (Å²) in [7, 11) is 0. The van der Waals surface area contributed by atoms with Crippen molar-refractivity contribution in [3.63, 3.8) is 0 Å². The van der Waals surface area contributed by atoms with Crippen molar-refractivity contribution in [2.75, 3.05) is 9.91 Å². The molecule has 27 heavy (non-hydrogen) atoms. The molecule has 0 radical (unpaired) electrons. The van der Waals surface area contributed by atoms with E-state index in [1.165, 1.54) is 11.9 Å². The van der Waals surface area contributed by atoms with Crippen LogP contribution in [0.15, 0.2) is 59.8 Å². The number of allylic oxidation sites excluding steroid dienone is 1. The number of hydrazine groups is 1. The average molecular weight is 382 g/mol. The highest BCUT2D eigenvalue weighted by Gasteiger charge is 2.53. The Morgan fingerprint density at radius 1 is 1.07 bits per heavy atom. The topological polar surface area (TPSA) is 69.7 Å². The zero-order valence-corrected chi connectivity index (χ0v) is 15.4. The quantitative estimate of drug-likeness (QED) is 0.828. The van der Waals surface area contributed by atoms with E-state index in [9.17, 15) is 14.4 Å². The van der Waals surface area contributed by atoms with Gasteiger partial charge in [-0.15, -0.1) is 0 Å². The largest absolute Gasteiger partial charge is 0.293 e. The molecule has 1 N–H and O–H groups in total. The molecule has 0 bridgehead atoms. The molecule has 7 heteroatoms. The minimum absolute atomic E-state index is 0.132. The fraction of sp³-hybridized carbons (Fsp3) is 0.150. The molecule has 0 aliphatic carbocycles. The summed E-state index contributed by atoms with van der Waals surface area (Å²) in [6.07, 6.45) is 0. The number of imide groups is 1. The van der Waals surface area contributed by atoms with Crippen LogP contribution in [0.4, 0.5) is 11.4 Å². The number of nitrogens with zero attached hydrogens (tertiary/aromatic N) is 2. The third kappa shape index (κ3) is 2.69. The van der Waals surface area contributed by atoms with Gasteiger partial charge in [-0.25, -0.2) is 4.90 Å². The maximum Gasteiger partial charge on any atom is 0.266 e. The minimum atomic E-state index is -0.920. The summed E-state index contributed by atoms with van der Waals surface area (Å²) in [4.78, 5) is 39.5. The van der Waals surface area contributed by atoms with Crippen molar-refractivity contribution in [2.45, 2.75) is 19.9 Å². The Morgan fingerprint density at radius 3 is 2.41 bits per heavy atom. The van der Waals surface area contributed by atoms with Crippen LogP contribution in [0.5, 0.6) is 0 Å². The molecule has 2 aromatic carbocycles. The van der Waals surface area contributed by atoms with E-state index in [0.29, 0.717) is 16.4 Å². The number of rotatable bonds is 3. The number of hydrogen-bond acceptors (Lipinski definition) is 5. The number of aryl methyl sites for hydroxylation is 1. The fourth-order valence-electron chi connectivity index (χ4n) is 3.36. The first-order valence-corrected chi connectivity index (χ1v) is 8.78. The zero-order valence-electron chi connectivity index (χ0n) is 14.7. The Bertz CT molecular complexity index is 1010. The predicted octanol–water partition coefficient (Wildman–Crippen LogP) is 2.76. The first-order chi connectivity index (χ1) is 12.9. The van der Waals surface area contributed by atoms with Gasteiger partial charge in [-0.3, -0.25) is 24.8 Å². The molecule has 2 aliphatic rings. The van der Waals surface area contributed by atoms with Crippen LogP contribution in [0.3, 0.4) is 0 Å². The number of halogens is 1. The standard InChI is InChI=1S/C20H16ClN3O3/c1-11-6-8-14(9-7-11)23-19(26)16-17(12(2)25)22-24(18(16)20(23)27)15-5-3-4-13(21)10-15/h3-10,18,22H,1-2H3/t18-/m0/s1. The van der Waals surface area contributed by atoms with E-state index >= 15 is 0 Å². The van der Waals surface area contributed by atoms with Gasteiger partial charge in [-0.1, -0.05) is 35.4 Å². The molecule has 2 aromatic rings. The van der Waals surface area contributed by atoms with Crippen molar-refractivity contribution in [3.05, 3.63) is 70.4 Å². The number of hydrogen-bond donors (Lipinski definition) is 1. The average Bonchev–Trinajstić information content (AvgIpc) is 3.14. The van der Waals surface area contributed by atoms with Crippen LogP contribution in [0, 0.1) is 6.92 Å². The number of carbonyl (C=O) groups is 3. The van der Waals surface area contributed by atoms with Crippen LogP contribution in [-0.4, -0.2) is 23.6 Å². The number of Topliss-reactive ketones (excluding diaryl/α,β-unsaturated/α-hetero) is 1. The Kier molecular flexibility index (Phi) is 4.00. The number of ketones is 1. The summed E-state index contributed by atoms with van der Waals surface area (Å²) in [5.74, 6) is -1.22. The zero-order chi connectivity index (χ0) is 19.3. The first kappa shape index (κ1) is 17.3. The summed E-state index contributed by atoms with van der Waals surface area (Å²) in [6, 6.07) is 13.1. The van der Waals surface area contributed by atoms with Crippen molar-refractivity contribution < 1.29 is 14.4 Å². The molecular weight excluding hydrogens is 366 g/mol. The van der Waals surface area contributed by atoms with Crippen LogP contribution in [0.2, 0.25) is 5.02 Å². The SMILES string of the molecule is CC(=O)C1=C2C(=O)N(c3ccc(C)cc3)C(=O)[C@H]2N(c2cccc(Cl)c2)N1. The monoisotopic (exact) mass is 381 g/mol. The Labute approximate surface area is 161 Å². The highest BCUT2D eigenvalue weighted by molar-refractivity contribution is 6.34. The molecule has 1 atom stereocenters. The van der Waals surface area contributed by atoms with Gasteiger partial charge in [-0.05, 0) is 37.3 Å². The van der Waals surface area contributed by atoms with Crippen molar-refractivity contribution in [2.24, 2.45) is 0 Å². The van der Waals surface area contributed by atoms with Gasteiger partial charge in [0.25, 0.3) is 11.8 Å². The van der Waals surface area contributed by atoms with Crippen LogP contribution in [-0.2, 0) is 14.4 Å². The van der Waals surface area contributed by atoms with E-state index in [4.69, 9.17) is 11.6 Å². The molecule has 0 saturated carbocycles. The lowest BCUT2D eigenvalue weighted by atomic mass is 10.1. The molecule has 0 unspecified atom stereocenters. The molecule has 2 heterocycles. The van der Waals surface area contributed by atoms with E-state index in [1.54, 1.807) is 36.4 Å². The summed E-state index contributed by atoms with van der Waals surface area (Å²) in [5.41, 5.74) is 5.29. The second-order valence-electron chi connectivity index (χ2n) is 6.52. The van der Waals surface area contributed by atoms with Crippen LogP contribution < -0.4 is 15.3 Å². The normalized spacial score (nSPS) is 18.9. The minimum Gasteiger partial charge on any atom is -0.293 e. The van der Waals surface area contributed by atoms with Gasteiger partial charge < -0.3 is 0 Å². The maximum absolute atomic E-state index is 13.2. The second kappa shape index (κ2) is 6.25. The van der Waals surface area contributed by atoms with E-state index in [-0.39, 0.29) is 17.1 Å². The van der Waals surface area contributed by atoms with E-state index < -0.39 is 17.9 Å². The molecular formula is C20H16ClN3O3. The van der Waals surface area contributed by atoms with E-state index in [2.05, 4.69) is 5.43 Å². The molecule has 6 nitrogen and oxygen atoms in total. The predicted molar refractivity (Wildman–Crippen MR) is 102 cm³/mol. The summed E-state index contributed by atoms with van der Waals surface area (Å²) in [6.45, 7) is 3.29. The lowest BCUT2D eigenvalue weighted by Crippen LogP contribution is -2.46. The fourth-order valence-corrected chi connectivity index (χ4v) is 3.54. The first-order valence-electron chi connectivity index (χ1n) is 8.40. The number of fused-ring (bicyclic) bond motifs is 1. The van der Waals surface area contributed by atoms with Crippen molar-refractivity contribution in [1.82, 2.24) is 5.43 Å². The van der Waals surface area contributed by atoms with E-state index in [1.807, 2.05) is 19.1 Å². The highest BCUT2D eigenvalue weighted by atomic mass is 35.5. The van der Waals surface area contributed by atoms with Crippen LogP contribution in [0.1, 0.15) is 12.5 Å². The second-order valence-corrected chi connectivity index (χ2v) is 6.96. The third-order valence-electron chi connectivity index (χ3n) is 4.65. The Morgan fingerprint density at radius 2 is 1.78 bits per heavy atom. The maximum atomic E-state index is 13.2. The van der Waals surface area contributed by atoms with Crippen molar-refractivity contribution >= 4 is 40.6 Å². The van der Waals surface area contributed by atoms with Gasteiger partial charge in [-0.2, -0.15) is 0 Å². The van der Waals surface area contributed by atoms with Crippen LogP contribution >= 0.6 is 11.6 Å². The molecule has 1 fully saturated rings. The van der Waals surface area contributed by atoms with Crippen molar-refractivity contribution in [3.8, 4) is 0 Å². The molecule has 136 valence electrons. The van der Waals surface area contributed by atoms with Gasteiger partial charge in [0, 0.05) is 11.9 Å². The lowest BCUT2D eigenvalue weighted by Gasteiger charge is -2.26. The summed E-state index contributed by atoms with van der Waals surface area (Å²) < 4.78 is 0. The van der Waals surface area contributed by atoms with Gasteiger partial charge in [0.2, 0.25) is 0 Å². The molecule has 2 amide bonds. The molecule has 0 spiro atoms. The number of anilines is 2. The summed E-state index contributed by atoms with van der Waals surface area (Å²) in [5, 5.41) is 2.01. The highest BCUT2D eigenvalue weighted by Crippen LogP contribution is 2.37. The third-order valence-corrected chi connectivity index (χ3v) is 4.89. The number of carbonyl (C=O) groups excluding carboxylic acids is 3. The molecule has 1 saturated heterocycles. The van der Waals surface area contributed by atoms with Gasteiger partial charge in [0.15, 0.2) is 11.8 Å². The smallest absolute Gasteiger partial charge is 0.266 e. The Balaban J connectivity index is 1.82. The number of nitrogens with one attached hydrogen (secondary N) is 1. The number of amides is 2. The number of benzene rings is 2. The van der Waals surface area contributed by atoms with Crippen LogP contribution in [0.25, 0.3) is 0 Å². The van der Waals surface area contributed by atoms with Gasteiger partial charge in [0.1, 0.15) is 5.70 Å².